The molecule has 0 radical (unpaired) electrons. The minimum absolute atomic E-state index is 0.127. The van der Waals surface area contributed by atoms with Gasteiger partial charge in [-0.3, -0.25) is 4.79 Å². The minimum Gasteiger partial charge on any atom is -0.484 e. The number of amides is 1. The van der Waals surface area contributed by atoms with E-state index in [9.17, 15) is 9.59 Å². The Hall–Kier alpha value is -3.02. The smallest absolute Gasteiger partial charge is 0.340 e. The van der Waals surface area contributed by atoms with Gasteiger partial charge in [0, 0.05) is 19.3 Å². The summed E-state index contributed by atoms with van der Waals surface area (Å²) in [5, 5.41) is 3.40. The Labute approximate surface area is 191 Å². The van der Waals surface area contributed by atoms with Crippen molar-refractivity contribution in [3.05, 3.63) is 54.1 Å². The van der Waals surface area contributed by atoms with Gasteiger partial charge in [-0.2, -0.15) is 0 Å². The van der Waals surface area contributed by atoms with Crippen molar-refractivity contribution in [1.82, 2.24) is 0 Å². The van der Waals surface area contributed by atoms with Crippen molar-refractivity contribution in [2.45, 2.75) is 52.4 Å². The maximum Gasteiger partial charge on any atom is 0.340 e. The molecule has 0 bridgehead atoms. The van der Waals surface area contributed by atoms with E-state index in [1.54, 1.807) is 32.2 Å². The van der Waals surface area contributed by atoms with Crippen LogP contribution in [-0.4, -0.2) is 38.7 Å². The number of ether oxygens (including phenoxy) is 2. The number of esters is 1. The van der Waals surface area contributed by atoms with Gasteiger partial charge in [-0.05, 0) is 43.7 Å². The molecule has 6 nitrogen and oxygen atoms in total. The van der Waals surface area contributed by atoms with Gasteiger partial charge in [0.05, 0.1) is 17.9 Å². The van der Waals surface area contributed by atoms with Crippen LogP contribution in [0.4, 0.5) is 11.4 Å². The highest BCUT2D eigenvalue weighted by Gasteiger charge is 2.20. The van der Waals surface area contributed by atoms with Crippen LogP contribution in [0, 0.1) is 0 Å². The monoisotopic (exact) mass is 440 g/mol. The Morgan fingerprint density at radius 3 is 2.38 bits per heavy atom. The largest absolute Gasteiger partial charge is 0.484 e. The summed E-state index contributed by atoms with van der Waals surface area (Å²) in [5.41, 5.74) is 1.72. The van der Waals surface area contributed by atoms with Crippen molar-refractivity contribution in [2.24, 2.45) is 0 Å². The van der Waals surface area contributed by atoms with E-state index in [1.807, 2.05) is 30.3 Å². The first-order valence-corrected chi connectivity index (χ1v) is 11.6. The van der Waals surface area contributed by atoms with Crippen molar-refractivity contribution in [2.75, 3.05) is 37.0 Å². The highest BCUT2D eigenvalue weighted by atomic mass is 16.5. The van der Waals surface area contributed by atoms with Crippen LogP contribution in [0.5, 0.6) is 5.75 Å². The first-order valence-electron chi connectivity index (χ1n) is 11.6. The third-order valence-electron chi connectivity index (χ3n) is 5.19. The number of carbonyl (C=O) groups is 2. The predicted octanol–water partition coefficient (Wildman–Crippen LogP) is 5.68. The van der Waals surface area contributed by atoms with Crippen LogP contribution in [0.3, 0.4) is 0 Å². The van der Waals surface area contributed by atoms with E-state index in [-0.39, 0.29) is 19.1 Å². The van der Waals surface area contributed by atoms with E-state index in [0.717, 1.165) is 18.7 Å². The molecule has 0 unspecified atom stereocenters. The first kappa shape index (κ1) is 25.2. The Balaban J connectivity index is 2.04. The van der Waals surface area contributed by atoms with E-state index < -0.39 is 5.97 Å². The molecule has 6 heteroatoms. The van der Waals surface area contributed by atoms with Gasteiger partial charge < -0.3 is 19.7 Å². The topological polar surface area (TPSA) is 67.9 Å². The molecule has 0 fully saturated rings. The molecular formula is C26H36N2O4. The zero-order valence-electron chi connectivity index (χ0n) is 19.6. The van der Waals surface area contributed by atoms with Gasteiger partial charge in [0.25, 0.3) is 5.91 Å². The molecule has 174 valence electrons. The number of hydrogen-bond donors (Lipinski definition) is 1. The first-order chi connectivity index (χ1) is 15.6. The van der Waals surface area contributed by atoms with Crippen molar-refractivity contribution < 1.29 is 19.1 Å². The van der Waals surface area contributed by atoms with Gasteiger partial charge in [-0.25, -0.2) is 4.79 Å². The van der Waals surface area contributed by atoms with Gasteiger partial charge in [0.15, 0.2) is 6.61 Å². The van der Waals surface area contributed by atoms with Crippen molar-refractivity contribution in [3.63, 3.8) is 0 Å². The lowest BCUT2D eigenvalue weighted by Crippen LogP contribution is -2.32. The Kier molecular flexibility index (Phi) is 11.1. The number of likely N-dealkylation sites (N-methyl/N-ethyl adjacent to an activating group) is 1. The van der Waals surface area contributed by atoms with Gasteiger partial charge >= 0.3 is 5.97 Å². The van der Waals surface area contributed by atoms with Gasteiger partial charge in [0.1, 0.15) is 5.75 Å². The standard InChI is InChI=1S/C26H36N2O4/c1-4-6-7-8-9-13-18-27-21-16-17-23(26(30)31-5-2)24(19-21)28(3)25(29)20-32-22-14-11-10-12-15-22/h10-12,14-17,19,27H,4-9,13,18,20H2,1-3H3. The lowest BCUT2D eigenvalue weighted by atomic mass is 10.1. The summed E-state index contributed by atoms with van der Waals surface area (Å²) >= 11 is 0. The van der Waals surface area contributed by atoms with E-state index in [0.29, 0.717) is 17.0 Å². The van der Waals surface area contributed by atoms with Crippen LogP contribution in [-0.2, 0) is 9.53 Å². The summed E-state index contributed by atoms with van der Waals surface area (Å²) in [7, 11) is 1.65. The quantitative estimate of drug-likeness (QED) is 0.302. The summed E-state index contributed by atoms with van der Waals surface area (Å²) < 4.78 is 10.8. The fourth-order valence-electron chi connectivity index (χ4n) is 3.33. The molecule has 2 rings (SSSR count). The average Bonchev–Trinajstić information content (AvgIpc) is 2.82. The fraction of sp³-hybridized carbons (Fsp3) is 0.462. The molecule has 1 amide bonds. The minimum atomic E-state index is -0.450. The Morgan fingerprint density at radius 2 is 1.66 bits per heavy atom. The lowest BCUT2D eigenvalue weighted by molar-refractivity contribution is -0.120. The number of carbonyl (C=O) groups excluding carboxylic acids is 2. The third kappa shape index (κ3) is 8.25. The summed E-state index contributed by atoms with van der Waals surface area (Å²) in [5.74, 6) is -0.0877. The van der Waals surface area contributed by atoms with Crippen LogP contribution >= 0.6 is 0 Å². The van der Waals surface area contributed by atoms with Gasteiger partial charge in [-0.1, -0.05) is 57.2 Å². The number of rotatable bonds is 14. The van der Waals surface area contributed by atoms with E-state index in [1.165, 1.54) is 37.0 Å². The van der Waals surface area contributed by atoms with Crippen LogP contribution < -0.4 is 15.0 Å². The average molecular weight is 441 g/mol. The van der Waals surface area contributed by atoms with Crippen molar-refractivity contribution in [3.8, 4) is 5.75 Å². The summed E-state index contributed by atoms with van der Waals surface area (Å²) in [6.07, 6.45) is 7.35. The van der Waals surface area contributed by atoms with Crippen LogP contribution in [0.2, 0.25) is 0 Å². The molecule has 0 heterocycles. The zero-order chi connectivity index (χ0) is 23.2. The molecule has 0 aliphatic heterocycles. The maximum absolute atomic E-state index is 12.8. The zero-order valence-corrected chi connectivity index (χ0v) is 19.6. The van der Waals surface area contributed by atoms with E-state index in [2.05, 4.69) is 12.2 Å². The number of benzene rings is 2. The van der Waals surface area contributed by atoms with Gasteiger partial charge in [-0.15, -0.1) is 0 Å². The van der Waals surface area contributed by atoms with E-state index >= 15 is 0 Å². The van der Waals surface area contributed by atoms with E-state index in [4.69, 9.17) is 9.47 Å². The molecule has 1 N–H and O–H groups in total. The predicted molar refractivity (Wildman–Crippen MR) is 130 cm³/mol. The molecule has 0 atom stereocenters. The fourth-order valence-corrected chi connectivity index (χ4v) is 3.33. The second-order valence-corrected chi connectivity index (χ2v) is 7.70. The highest BCUT2D eigenvalue weighted by molar-refractivity contribution is 6.03. The molecule has 0 spiro atoms. The molecule has 2 aromatic rings. The number of anilines is 2. The van der Waals surface area contributed by atoms with Crippen LogP contribution in [0.25, 0.3) is 0 Å². The molecular weight excluding hydrogens is 404 g/mol. The normalized spacial score (nSPS) is 10.5. The van der Waals surface area contributed by atoms with Gasteiger partial charge in [0.2, 0.25) is 0 Å². The van der Waals surface area contributed by atoms with Crippen LogP contribution in [0.15, 0.2) is 48.5 Å². The number of hydrogen-bond acceptors (Lipinski definition) is 5. The summed E-state index contributed by atoms with van der Waals surface area (Å²) in [6.45, 7) is 4.97. The second-order valence-electron chi connectivity index (χ2n) is 7.70. The molecule has 0 saturated carbocycles. The molecule has 2 aromatic carbocycles. The van der Waals surface area contributed by atoms with Crippen LogP contribution in [0.1, 0.15) is 62.7 Å². The molecule has 0 aliphatic rings. The number of nitrogens with zero attached hydrogens (tertiary/aromatic N) is 1. The maximum atomic E-state index is 12.8. The van der Waals surface area contributed by atoms with Crippen molar-refractivity contribution >= 4 is 23.3 Å². The summed E-state index contributed by atoms with van der Waals surface area (Å²) in [4.78, 5) is 26.7. The Morgan fingerprint density at radius 1 is 0.938 bits per heavy atom. The lowest BCUT2D eigenvalue weighted by Gasteiger charge is -2.21. The molecule has 32 heavy (non-hydrogen) atoms. The highest BCUT2D eigenvalue weighted by Crippen LogP contribution is 2.26. The second kappa shape index (κ2) is 14.1. The molecule has 0 aliphatic carbocycles. The third-order valence-corrected chi connectivity index (χ3v) is 5.19. The molecule has 0 aromatic heterocycles. The Bertz CT molecular complexity index is 839. The molecule has 0 saturated heterocycles. The SMILES string of the molecule is CCCCCCCCNc1ccc(C(=O)OCC)c(N(C)C(=O)COc2ccccc2)c1. The number of para-hydroxylation sites is 1. The summed E-state index contributed by atoms with van der Waals surface area (Å²) in [6, 6.07) is 14.6. The number of unbranched alkanes of at least 4 members (excludes halogenated alkanes) is 5. The number of nitrogens with one attached hydrogen (secondary N) is 1. The van der Waals surface area contributed by atoms with Crippen molar-refractivity contribution in [1.29, 1.82) is 0 Å².